The largest absolute Gasteiger partial charge is 0.305 e. The minimum absolute atomic E-state index is 0.00912. The fraction of sp³-hybridized carbons (Fsp3) is 0.250. The Bertz CT molecular complexity index is 598. The quantitative estimate of drug-likeness (QED) is 0.354. The number of fused-ring (bicyclic) bond motifs is 1. The molecule has 1 amide bonds. The summed E-state index contributed by atoms with van der Waals surface area (Å²) in [6.45, 7) is 1.70. The van der Waals surface area contributed by atoms with Crippen LogP contribution in [0, 0.1) is 6.92 Å². The maximum Gasteiger partial charge on any atom is 0.275 e. The third kappa shape index (κ3) is 1.54. The van der Waals surface area contributed by atoms with Gasteiger partial charge in [-0.25, -0.2) is 5.84 Å². The van der Waals surface area contributed by atoms with Crippen LogP contribution in [-0.4, -0.2) is 25.1 Å². The van der Waals surface area contributed by atoms with Crippen LogP contribution in [0.5, 0.6) is 0 Å². The number of amides is 1. The van der Waals surface area contributed by atoms with Gasteiger partial charge in [0.05, 0.1) is 0 Å². The first kappa shape index (κ1) is 10.3. The highest BCUT2D eigenvalue weighted by molar-refractivity contribution is 5.75. The summed E-state index contributed by atoms with van der Waals surface area (Å²) < 4.78 is 2.67. The van der Waals surface area contributed by atoms with Crippen molar-refractivity contribution < 1.29 is 4.79 Å². The van der Waals surface area contributed by atoms with Crippen molar-refractivity contribution in [2.45, 2.75) is 13.5 Å². The molecule has 0 aliphatic rings. The molecule has 2 aromatic rings. The molecule has 2 aromatic heterocycles. The van der Waals surface area contributed by atoms with E-state index in [0.717, 1.165) is 4.52 Å². The van der Waals surface area contributed by atoms with Crippen LogP contribution < -0.4 is 16.8 Å². The molecule has 3 N–H and O–H groups in total. The average Bonchev–Trinajstić information content (AvgIpc) is 2.73. The lowest BCUT2D eigenvalue weighted by atomic mass is 10.4. The number of aryl methyl sites for hydroxylation is 1. The second-order valence-corrected chi connectivity index (χ2v) is 3.25. The summed E-state index contributed by atoms with van der Waals surface area (Å²) in [5.41, 5.74) is 2.35. The van der Waals surface area contributed by atoms with Crippen LogP contribution in [0.3, 0.4) is 0 Å². The zero-order chi connectivity index (χ0) is 11.7. The van der Waals surface area contributed by atoms with Crippen LogP contribution >= 0.6 is 0 Å². The van der Waals surface area contributed by atoms with Gasteiger partial charge in [0.2, 0.25) is 5.78 Å². The molecule has 0 spiro atoms. The molecule has 0 unspecified atom stereocenters. The first-order chi connectivity index (χ1) is 7.63. The van der Waals surface area contributed by atoms with Crippen LogP contribution in [0.2, 0.25) is 0 Å². The van der Waals surface area contributed by atoms with E-state index in [0.29, 0.717) is 11.5 Å². The first-order valence-corrected chi connectivity index (χ1v) is 4.53. The summed E-state index contributed by atoms with van der Waals surface area (Å²) in [5.74, 6) is 4.94. The molecule has 0 aliphatic carbocycles. The zero-order valence-electron chi connectivity index (χ0n) is 8.54. The van der Waals surface area contributed by atoms with Crippen LogP contribution in [0.25, 0.3) is 5.78 Å². The maximum absolute atomic E-state index is 11.5. The van der Waals surface area contributed by atoms with Gasteiger partial charge in [-0.05, 0) is 6.92 Å². The lowest BCUT2D eigenvalue weighted by Gasteiger charge is -2.09. The summed E-state index contributed by atoms with van der Waals surface area (Å²) in [5, 5.41) is 3.76. The zero-order valence-corrected chi connectivity index (χ0v) is 8.54. The molecule has 2 heterocycles. The number of nitrogens with zero attached hydrogens (tertiary/aromatic N) is 4. The van der Waals surface area contributed by atoms with E-state index in [4.69, 9.17) is 5.84 Å². The Balaban J connectivity index is 2.63. The smallest absolute Gasteiger partial charge is 0.275 e. The van der Waals surface area contributed by atoms with Crippen molar-refractivity contribution in [2.24, 2.45) is 5.84 Å². The number of rotatable bonds is 2. The van der Waals surface area contributed by atoms with Gasteiger partial charge >= 0.3 is 0 Å². The van der Waals surface area contributed by atoms with Gasteiger partial charge in [-0.1, -0.05) is 0 Å². The topological polar surface area (TPSA) is 107 Å². The Labute approximate surface area is 89.7 Å². The highest BCUT2D eigenvalue weighted by atomic mass is 16.2. The maximum atomic E-state index is 11.5. The molecule has 0 fully saturated rings. The van der Waals surface area contributed by atoms with Gasteiger partial charge in [-0.3, -0.25) is 15.0 Å². The van der Waals surface area contributed by atoms with Gasteiger partial charge in [-0.15, -0.1) is 0 Å². The summed E-state index contributed by atoms with van der Waals surface area (Å²) in [4.78, 5) is 26.6. The number of nitrogens with one attached hydrogen (secondary N) is 1. The SMILES string of the molecule is Cc1cc(=O)n2ncnc2n1CC(=O)NN. The number of hydrogen-bond donors (Lipinski definition) is 2. The first-order valence-electron chi connectivity index (χ1n) is 4.53. The van der Waals surface area contributed by atoms with Crippen molar-refractivity contribution in [3.8, 4) is 0 Å². The molecule has 0 aliphatic heterocycles. The predicted octanol–water partition coefficient (Wildman–Crippen LogP) is -1.81. The van der Waals surface area contributed by atoms with Crippen LogP contribution in [0.1, 0.15) is 5.69 Å². The van der Waals surface area contributed by atoms with Gasteiger partial charge in [0.15, 0.2) is 0 Å². The van der Waals surface area contributed by atoms with Gasteiger partial charge in [0, 0.05) is 11.8 Å². The van der Waals surface area contributed by atoms with Crippen molar-refractivity contribution in [2.75, 3.05) is 0 Å². The van der Waals surface area contributed by atoms with Gasteiger partial charge in [-0.2, -0.15) is 14.6 Å². The molecule has 0 saturated heterocycles. The number of carbonyl (C=O) groups excluding carboxylic acids is 1. The highest BCUT2D eigenvalue weighted by Crippen LogP contribution is 2.01. The van der Waals surface area contributed by atoms with Crippen molar-refractivity contribution >= 4 is 11.7 Å². The summed E-state index contributed by atoms with van der Waals surface area (Å²) in [6.07, 6.45) is 1.26. The third-order valence-corrected chi connectivity index (χ3v) is 2.20. The molecule has 0 radical (unpaired) electrons. The molecule has 0 aromatic carbocycles. The minimum Gasteiger partial charge on any atom is -0.305 e. The van der Waals surface area contributed by atoms with E-state index in [-0.39, 0.29) is 18.0 Å². The van der Waals surface area contributed by atoms with Gasteiger partial charge in [0.1, 0.15) is 12.9 Å². The van der Waals surface area contributed by atoms with Crippen molar-refractivity contribution in [1.29, 1.82) is 0 Å². The molecule has 16 heavy (non-hydrogen) atoms. The summed E-state index contributed by atoms with van der Waals surface area (Å²) in [7, 11) is 0. The van der Waals surface area contributed by atoms with Crippen LogP contribution in [-0.2, 0) is 11.3 Å². The second-order valence-electron chi connectivity index (χ2n) is 3.25. The minimum atomic E-state index is -0.378. The molecule has 2 rings (SSSR count). The number of aromatic nitrogens is 4. The standard InChI is InChI=1S/C8H10N6O2/c1-5-2-7(16)14-8(10-4-11-14)13(5)3-6(15)12-9/h2,4H,3,9H2,1H3,(H,12,15). The molecule has 0 bridgehead atoms. The highest BCUT2D eigenvalue weighted by Gasteiger charge is 2.10. The lowest BCUT2D eigenvalue weighted by Crippen LogP contribution is -2.34. The fourth-order valence-electron chi connectivity index (χ4n) is 1.44. The molecular formula is C8H10N6O2. The average molecular weight is 222 g/mol. The van der Waals surface area contributed by atoms with Crippen LogP contribution in [0.15, 0.2) is 17.2 Å². The van der Waals surface area contributed by atoms with E-state index in [9.17, 15) is 9.59 Å². The third-order valence-electron chi connectivity index (χ3n) is 2.20. The molecular weight excluding hydrogens is 212 g/mol. The number of carbonyl (C=O) groups is 1. The number of hydrogen-bond acceptors (Lipinski definition) is 5. The van der Waals surface area contributed by atoms with E-state index < -0.39 is 0 Å². The molecule has 0 atom stereocenters. The molecule has 84 valence electrons. The fourth-order valence-corrected chi connectivity index (χ4v) is 1.44. The lowest BCUT2D eigenvalue weighted by molar-refractivity contribution is -0.121. The normalized spacial score (nSPS) is 10.6. The van der Waals surface area contributed by atoms with E-state index in [1.165, 1.54) is 12.4 Å². The van der Waals surface area contributed by atoms with Gasteiger partial charge < -0.3 is 4.57 Å². The van der Waals surface area contributed by atoms with Crippen LogP contribution in [0.4, 0.5) is 0 Å². The number of nitrogens with two attached hydrogens (primary N) is 1. The molecule has 8 nitrogen and oxygen atoms in total. The van der Waals surface area contributed by atoms with Crippen molar-refractivity contribution in [3.05, 3.63) is 28.4 Å². The molecule has 0 saturated carbocycles. The van der Waals surface area contributed by atoms with Gasteiger partial charge in [0.25, 0.3) is 11.5 Å². The Morgan fingerprint density at radius 2 is 2.38 bits per heavy atom. The van der Waals surface area contributed by atoms with E-state index in [1.54, 1.807) is 11.5 Å². The Morgan fingerprint density at radius 1 is 1.62 bits per heavy atom. The Morgan fingerprint density at radius 3 is 3.06 bits per heavy atom. The van der Waals surface area contributed by atoms with E-state index >= 15 is 0 Å². The second kappa shape index (κ2) is 3.74. The van der Waals surface area contributed by atoms with Crippen molar-refractivity contribution in [1.82, 2.24) is 24.6 Å². The van der Waals surface area contributed by atoms with E-state index in [1.807, 2.05) is 5.43 Å². The molecule has 8 heteroatoms. The van der Waals surface area contributed by atoms with E-state index in [2.05, 4.69) is 10.1 Å². The van der Waals surface area contributed by atoms with Crippen molar-refractivity contribution in [3.63, 3.8) is 0 Å². The summed E-state index contributed by atoms with van der Waals surface area (Å²) >= 11 is 0. The Kier molecular flexibility index (Phi) is 2.41. The summed E-state index contributed by atoms with van der Waals surface area (Å²) in [6, 6.07) is 1.38. The number of hydrazine groups is 1. The predicted molar refractivity (Wildman–Crippen MR) is 54.3 cm³/mol. The Hall–Kier alpha value is -2.22. The monoisotopic (exact) mass is 222 g/mol.